The van der Waals surface area contributed by atoms with Crippen molar-refractivity contribution in [2.75, 3.05) is 18.1 Å². The molecular formula is C21H16F6N2O4. The molecular weight excluding hydrogens is 458 g/mol. The Hall–Kier alpha value is -3.46. The molecule has 6 nitrogen and oxygen atoms in total. The van der Waals surface area contributed by atoms with Crippen molar-refractivity contribution < 1.29 is 45.7 Å². The second-order valence-corrected chi connectivity index (χ2v) is 7.17. The van der Waals surface area contributed by atoms with Gasteiger partial charge in [-0.05, 0) is 35.9 Å². The molecule has 1 N–H and O–H groups in total. The summed E-state index contributed by atoms with van der Waals surface area (Å²) in [7, 11) is 0. The number of benzene rings is 2. The summed E-state index contributed by atoms with van der Waals surface area (Å²) >= 11 is 0. The average molecular weight is 474 g/mol. The van der Waals surface area contributed by atoms with Gasteiger partial charge in [0.1, 0.15) is 18.5 Å². The molecule has 1 aliphatic heterocycles. The standard InChI is InChI=1S/C21H16F6N2O4/c22-20(23,24)17-8-14(4-3-13(17)9-28)29-10-16(33-19(29)21(25,26)27)11-32-15-5-1-12(2-6-15)7-18(30)31/h1-6,8,16,19H,7,10-11H2,(H,30,31)/t16-,19+/m0/s1. The van der Waals surface area contributed by atoms with Crippen molar-refractivity contribution in [3.05, 3.63) is 59.2 Å². The first-order valence-electron chi connectivity index (χ1n) is 9.42. The highest BCUT2D eigenvalue weighted by atomic mass is 19.4. The van der Waals surface area contributed by atoms with Crippen LogP contribution in [0.15, 0.2) is 42.5 Å². The van der Waals surface area contributed by atoms with E-state index in [-0.39, 0.29) is 18.8 Å². The number of alkyl halides is 6. The maximum atomic E-state index is 13.5. The predicted octanol–water partition coefficient (Wildman–Crippen LogP) is 4.38. The van der Waals surface area contributed by atoms with Gasteiger partial charge in [-0.25, -0.2) is 0 Å². The molecule has 0 spiro atoms. The Morgan fingerprint density at radius 2 is 1.82 bits per heavy atom. The minimum Gasteiger partial charge on any atom is -0.491 e. The molecule has 1 aliphatic rings. The highest BCUT2D eigenvalue weighted by Crippen LogP contribution is 2.39. The molecule has 1 saturated heterocycles. The Labute approximate surface area is 183 Å². The Bertz CT molecular complexity index is 1050. The first-order valence-corrected chi connectivity index (χ1v) is 9.42. The summed E-state index contributed by atoms with van der Waals surface area (Å²) in [5.74, 6) is -0.773. The van der Waals surface area contributed by atoms with E-state index in [1.165, 1.54) is 30.3 Å². The molecule has 2 aromatic carbocycles. The third kappa shape index (κ3) is 5.87. The smallest absolute Gasteiger partial charge is 0.433 e. The Balaban J connectivity index is 1.77. The van der Waals surface area contributed by atoms with Crippen LogP contribution in [-0.2, 0) is 22.1 Å². The number of ether oxygens (including phenoxy) is 2. The second kappa shape index (κ2) is 9.19. The summed E-state index contributed by atoms with van der Waals surface area (Å²) in [4.78, 5) is 11.3. The van der Waals surface area contributed by atoms with Crippen LogP contribution >= 0.6 is 0 Å². The molecule has 0 bridgehead atoms. The van der Waals surface area contributed by atoms with E-state index in [0.717, 1.165) is 12.1 Å². The van der Waals surface area contributed by atoms with Crippen LogP contribution in [0.1, 0.15) is 16.7 Å². The van der Waals surface area contributed by atoms with Gasteiger partial charge in [-0.2, -0.15) is 31.6 Å². The lowest BCUT2D eigenvalue weighted by Crippen LogP contribution is -2.42. The van der Waals surface area contributed by atoms with Gasteiger partial charge in [0.25, 0.3) is 0 Å². The number of nitrogens with zero attached hydrogens (tertiary/aromatic N) is 2. The number of aliphatic carboxylic acids is 1. The summed E-state index contributed by atoms with van der Waals surface area (Å²) in [5, 5.41) is 17.6. The van der Waals surface area contributed by atoms with Crippen molar-refractivity contribution >= 4 is 11.7 Å². The largest absolute Gasteiger partial charge is 0.491 e. The first kappa shape index (κ1) is 24.2. The van der Waals surface area contributed by atoms with Gasteiger partial charge < -0.3 is 19.5 Å². The molecule has 0 aromatic heterocycles. The molecule has 0 saturated carbocycles. The number of carboxylic acids is 1. The van der Waals surface area contributed by atoms with E-state index >= 15 is 0 Å². The molecule has 0 unspecified atom stereocenters. The Morgan fingerprint density at radius 1 is 1.15 bits per heavy atom. The Kier molecular flexibility index (Phi) is 6.73. The van der Waals surface area contributed by atoms with Gasteiger partial charge in [0.05, 0.1) is 30.2 Å². The summed E-state index contributed by atoms with van der Waals surface area (Å²) in [6.45, 7) is -0.742. The topological polar surface area (TPSA) is 82.8 Å². The van der Waals surface area contributed by atoms with Crippen molar-refractivity contribution in [2.24, 2.45) is 0 Å². The number of rotatable bonds is 6. The van der Waals surface area contributed by atoms with E-state index in [0.29, 0.717) is 16.5 Å². The van der Waals surface area contributed by atoms with Crippen LogP contribution < -0.4 is 9.64 Å². The van der Waals surface area contributed by atoms with Gasteiger partial charge in [-0.3, -0.25) is 4.79 Å². The molecule has 0 aliphatic carbocycles. The molecule has 12 heteroatoms. The maximum Gasteiger partial charge on any atom is 0.433 e. The summed E-state index contributed by atoms with van der Waals surface area (Å²) in [6.07, 6.45) is -13.7. The Morgan fingerprint density at radius 3 is 2.36 bits per heavy atom. The molecule has 2 atom stereocenters. The molecule has 3 rings (SSSR count). The number of anilines is 1. The van der Waals surface area contributed by atoms with Crippen LogP contribution in [0.2, 0.25) is 0 Å². The number of halogens is 6. The highest BCUT2D eigenvalue weighted by Gasteiger charge is 2.51. The maximum absolute atomic E-state index is 13.5. The number of hydrogen-bond acceptors (Lipinski definition) is 5. The molecule has 1 heterocycles. The van der Waals surface area contributed by atoms with Crippen LogP contribution in [0.4, 0.5) is 32.0 Å². The zero-order chi connectivity index (χ0) is 24.4. The molecule has 0 radical (unpaired) electrons. The summed E-state index contributed by atoms with van der Waals surface area (Å²) in [5.41, 5.74) is -1.95. The zero-order valence-corrected chi connectivity index (χ0v) is 16.7. The van der Waals surface area contributed by atoms with E-state index in [9.17, 15) is 31.1 Å². The monoisotopic (exact) mass is 474 g/mol. The minimum absolute atomic E-state index is 0.210. The predicted molar refractivity (Wildman–Crippen MR) is 101 cm³/mol. The van der Waals surface area contributed by atoms with Gasteiger partial charge in [-0.1, -0.05) is 12.1 Å². The zero-order valence-electron chi connectivity index (χ0n) is 16.7. The second-order valence-electron chi connectivity index (χ2n) is 7.17. The SMILES string of the molecule is N#Cc1ccc(N2C[C@@H](COc3ccc(CC(=O)O)cc3)O[C@@H]2C(F)(F)F)cc1C(F)(F)F. The third-order valence-corrected chi connectivity index (χ3v) is 4.76. The van der Waals surface area contributed by atoms with E-state index in [1.807, 2.05) is 0 Å². The lowest BCUT2D eigenvalue weighted by atomic mass is 10.1. The highest BCUT2D eigenvalue weighted by molar-refractivity contribution is 5.70. The molecule has 0 amide bonds. The van der Waals surface area contributed by atoms with E-state index in [4.69, 9.17) is 19.8 Å². The number of nitriles is 1. The van der Waals surface area contributed by atoms with Crippen LogP contribution in [-0.4, -0.2) is 42.7 Å². The number of carbonyl (C=O) groups is 1. The van der Waals surface area contributed by atoms with Crippen LogP contribution in [0, 0.1) is 11.3 Å². The van der Waals surface area contributed by atoms with Gasteiger partial charge in [0.15, 0.2) is 0 Å². The fourth-order valence-corrected chi connectivity index (χ4v) is 3.31. The van der Waals surface area contributed by atoms with Gasteiger partial charge in [0, 0.05) is 5.69 Å². The van der Waals surface area contributed by atoms with Gasteiger partial charge in [0.2, 0.25) is 6.23 Å². The normalized spacial score (nSPS) is 18.8. The fraction of sp³-hybridized carbons (Fsp3) is 0.333. The van der Waals surface area contributed by atoms with Crippen molar-refractivity contribution in [3.8, 4) is 11.8 Å². The van der Waals surface area contributed by atoms with Crippen LogP contribution in [0.25, 0.3) is 0 Å². The van der Waals surface area contributed by atoms with Crippen molar-refractivity contribution in [1.82, 2.24) is 0 Å². The molecule has 2 aromatic rings. The molecule has 176 valence electrons. The van der Waals surface area contributed by atoms with E-state index in [2.05, 4.69) is 0 Å². The quantitative estimate of drug-likeness (QED) is 0.626. The van der Waals surface area contributed by atoms with Crippen molar-refractivity contribution in [1.29, 1.82) is 5.26 Å². The molecule has 1 fully saturated rings. The van der Waals surface area contributed by atoms with Crippen LogP contribution in [0.5, 0.6) is 5.75 Å². The fourth-order valence-electron chi connectivity index (χ4n) is 3.31. The van der Waals surface area contributed by atoms with Crippen molar-refractivity contribution in [3.63, 3.8) is 0 Å². The van der Waals surface area contributed by atoms with Gasteiger partial charge in [-0.15, -0.1) is 0 Å². The number of hydrogen-bond donors (Lipinski definition) is 1. The lowest BCUT2D eigenvalue weighted by Gasteiger charge is -2.27. The minimum atomic E-state index is -4.93. The van der Waals surface area contributed by atoms with Crippen molar-refractivity contribution in [2.45, 2.75) is 31.1 Å². The first-order chi connectivity index (χ1) is 15.4. The lowest BCUT2D eigenvalue weighted by molar-refractivity contribution is -0.215. The van der Waals surface area contributed by atoms with E-state index < -0.39 is 54.0 Å². The van der Waals surface area contributed by atoms with Crippen LogP contribution in [0.3, 0.4) is 0 Å². The van der Waals surface area contributed by atoms with E-state index in [1.54, 1.807) is 0 Å². The average Bonchev–Trinajstić information content (AvgIpc) is 3.17. The molecule has 33 heavy (non-hydrogen) atoms. The van der Waals surface area contributed by atoms with Gasteiger partial charge >= 0.3 is 18.3 Å². The summed E-state index contributed by atoms with van der Waals surface area (Å²) in [6, 6.07) is 9.55. The third-order valence-electron chi connectivity index (χ3n) is 4.76. The summed E-state index contributed by atoms with van der Waals surface area (Å²) < 4.78 is 90.8. The number of carboxylic acid groups (broad SMARTS) is 1.